The minimum absolute atomic E-state index is 0.337. The molecule has 0 fully saturated rings. The molecule has 0 spiro atoms. The molecule has 0 unspecified atom stereocenters. The lowest BCUT2D eigenvalue weighted by Crippen LogP contribution is -1.94. The second-order valence-corrected chi connectivity index (χ2v) is 1.75. The third kappa shape index (κ3) is 1.77. The Balaban J connectivity index is 2.94. The van der Waals surface area contributed by atoms with Crippen molar-refractivity contribution in [3.63, 3.8) is 0 Å². The van der Waals surface area contributed by atoms with Gasteiger partial charge in [0.2, 0.25) is 10.0 Å². The Bertz CT molecular complexity index is 302. The third-order valence-electron chi connectivity index (χ3n) is 1.05. The highest BCUT2D eigenvalue weighted by Gasteiger charge is 2.07. The second-order valence-electron chi connectivity index (χ2n) is 1.75. The number of rotatable bonds is 1. The second kappa shape index (κ2) is 3.34. The molecular formula is C6H5N4O+. The third-order valence-corrected chi connectivity index (χ3v) is 1.05. The quantitative estimate of drug-likeness (QED) is 0.472. The molecule has 1 heterocycles. The van der Waals surface area contributed by atoms with Gasteiger partial charge in [-0.2, -0.15) is 0 Å². The van der Waals surface area contributed by atoms with E-state index in [1.807, 2.05) is 0 Å². The normalized spacial score (nSPS) is 8.36. The van der Waals surface area contributed by atoms with Gasteiger partial charge in [0.15, 0.2) is 0 Å². The van der Waals surface area contributed by atoms with Crippen molar-refractivity contribution in [3.8, 4) is 0 Å². The molecule has 1 aromatic rings. The zero-order chi connectivity index (χ0) is 8.10. The highest BCUT2D eigenvalue weighted by Crippen LogP contribution is 1.96. The molecule has 0 saturated carbocycles. The molecule has 5 heteroatoms. The van der Waals surface area contributed by atoms with Crippen LogP contribution >= 0.6 is 0 Å². The number of hydrogen-bond donors (Lipinski definition) is 1. The van der Waals surface area contributed by atoms with Crippen molar-refractivity contribution >= 4 is 5.91 Å². The first-order valence-corrected chi connectivity index (χ1v) is 2.86. The molecule has 1 aromatic heterocycles. The maximum Gasteiger partial charge on any atom is 0.362 e. The van der Waals surface area contributed by atoms with Crippen LogP contribution in [0.2, 0.25) is 0 Å². The van der Waals surface area contributed by atoms with Gasteiger partial charge in [0, 0.05) is 12.4 Å². The van der Waals surface area contributed by atoms with Crippen LogP contribution in [0.25, 0.3) is 0 Å². The Hall–Kier alpha value is -1.87. The van der Waals surface area contributed by atoms with Gasteiger partial charge in [-0.3, -0.25) is 9.78 Å². The summed E-state index contributed by atoms with van der Waals surface area (Å²) in [6.07, 6.45) is 2.92. The average molecular weight is 149 g/mol. The summed E-state index contributed by atoms with van der Waals surface area (Å²) >= 11 is 0. The van der Waals surface area contributed by atoms with Crippen molar-refractivity contribution < 1.29 is 4.79 Å². The van der Waals surface area contributed by atoms with Gasteiger partial charge in [0.05, 0.1) is 5.56 Å². The van der Waals surface area contributed by atoms with E-state index in [0.29, 0.717) is 5.56 Å². The fraction of sp³-hybridized carbons (Fsp3) is 0. The molecule has 1 N–H and O–H groups in total. The smallest absolute Gasteiger partial charge is 0.264 e. The number of hydrogen-bond acceptors (Lipinski definition) is 3. The Morgan fingerprint density at radius 3 is 3.09 bits per heavy atom. The average Bonchev–Trinajstić information content (AvgIpc) is 2.07. The van der Waals surface area contributed by atoms with Crippen LogP contribution in [0.1, 0.15) is 10.4 Å². The fourth-order valence-electron chi connectivity index (χ4n) is 0.592. The Morgan fingerprint density at radius 2 is 2.55 bits per heavy atom. The topological polar surface area (TPSA) is 80.3 Å². The molecule has 54 valence electrons. The molecule has 0 aromatic carbocycles. The Morgan fingerprint density at radius 1 is 1.73 bits per heavy atom. The predicted octanol–water partition coefficient (Wildman–Crippen LogP) is 0.772. The van der Waals surface area contributed by atoms with E-state index in [4.69, 9.17) is 5.53 Å². The molecule has 0 atom stereocenters. The molecule has 0 bridgehead atoms. The first-order valence-electron chi connectivity index (χ1n) is 2.86. The summed E-state index contributed by atoms with van der Waals surface area (Å²) in [6, 6.07) is 3.18. The summed E-state index contributed by atoms with van der Waals surface area (Å²) in [7, 11) is 0. The number of amides is 1. The SMILES string of the molecule is N=[N+]=NC(=O)c1cccnc1. The zero-order valence-corrected chi connectivity index (χ0v) is 5.56. The van der Waals surface area contributed by atoms with Gasteiger partial charge in [0.25, 0.3) is 0 Å². The van der Waals surface area contributed by atoms with Crippen molar-refractivity contribution in [1.29, 1.82) is 5.53 Å². The summed E-state index contributed by atoms with van der Waals surface area (Å²) in [4.78, 5) is 17.1. The monoisotopic (exact) mass is 149 g/mol. The molecule has 0 aliphatic carbocycles. The van der Waals surface area contributed by atoms with E-state index in [2.05, 4.69) is 15.0 Å². The Kier molecular flexibility index (Phi) is 2.20. The summed E-state index contributed by atoms with van der Waals surface area (Å²) in [6.45, 7) is 0. The fourth-order valence-corrected chi connectivity index (χ4v) is 0.592. The van der Waals surface area contributed by atoms with Crippen LogP contribution in [-0.4, -0.2) is 10.9 Å². The highest BCUT2D eigenvalue weighted by molar-refractivity contribution is 5.93. The summed E-state index contributed by atoms with van der Waals surface area (Å²) < 4.78 is 0. The van der Waals surface area contributed by atoms with Crippen LogP contribution in [0.4, 0.5) is 0 Å². The molecular weight excluding hydrogens is 144 g/mol. The van der Waals surface area contributed by atoms with Crippen molar-refractivity contribution in [1.82, 2.24) is 9.90 Å². The van der Waals surface area contributed by atoms with E-state index in [-0.39, 0.29) is 0 Å². The lowest BCUT2D eigenvalue weighted by Gasteiger charge is -1.84. The largest absolute Gasteiger partial charge is 0.362 e. The van der Waals surface area contributed by atoms with Gasteiger partial charge in [-0.05, 0) is 12.1 Å². The number of nitrogens with one attached hydrogen (secondary N) is 1. The first-order chi connectivity index (χ1) is 5.34. The molecule has 0 aliphatic heterocycles. The number of carbonyl (C=O) groups excluding carboxylic acids is 1. The molecule has 11 heavy (non-hydrogen) atoms. The number of pyridine rings is 1. The molecule has 1 amide bonds. The minimum atomic E-state index is -0.548. The van der Waals surface area contributed by atoms with Crippen LogP contribution in [-0.2, 0) is 0 Å². The number of aromatic nitrogens is 1. The van der Waals surface area contributed by atoms with Crippen LogP contribution in [0.5, 0.6) is 0 Å². The maximum absolute atomic E-state index is 10.8. The van der Waals surface area contributed by atoms with E-state index < -0.39 is 5.91 Å². The van der Waals surface area contributed by atoms with Gasteiger partial charge >= 0.3 is 5.91 Å². The van der Waals surface area contributed by atoms with Crippen LogP contribution < -0.4 is 4.91 Å². The van der Waals surface area contributed by atoms with E-state index >= 15 is 0 Å². The van der Waals surface area contributed by atoms with Gasteiger partial charge in [-0.25, -0.2) is 0 Å². The summed E-state index contributed by atoms with van der Waals surface area (Å²) in [5.74, 6) is -0.548. The highest BCUT2D eigenvalue weighted by atomic mass is 16.1. The van der Waals surface area contributed by atoms with E-state index in [1.165, 1.54) is 6.20 Å². The predicted molar refractivity (Wildman–Crippen MR) is 35.8 cm³/mol. The maximum atomic E-state index is 10.8. The minimum Gasteiger partial charge on any atom is -0.264 e. The first kappa shape index (κ1) is 7.24. The van der Waals surface area contributed by atoms with Crippen molar-refractivity contribution in [3.05, 3.63) is 30.1 Å². The lowest BCUT2D eigenvalue weighted by atomic mass is 10.3. The van der Waals surface area contributed by atoms with Crippen molar-refractivity contribution in [2.24, 2.45) is 5.11 Å². The molecule has 5 nitrogen and oxygen atoms in total. The van der Waals surface area contributed by atoms with E-state index in [0.717, 1.165) is 0 Å². The van der Waals surface area contributed by atoms with Crippen LogP contribution in [0.3, 0.4) is 0 Å². The molecule has 0 radical (unpaired) electrons. The van der Waals surface area contributed by atoms with Gasteiger partial charge in [0.1, 0.15) is 5.53 Å². The van der Waals surface area contributed by atoms with Crippen molar-refractivity contribution in [2.75, 3.05) is 0 Å². The molecule has 0 aliphatic rings. The summed E-state index contributed by atoms with van der Waals surface area (Å²) in [5, 5.41) is 3.01. The lowest BCUT2D eigenvalue weighted by molar-refractivity contribution is 0.0992. The van der Waals surface area contributed by atoms with E-state index in [9.17, 15) is 4.79 Å². The molecule has 1 rings (SSSR count). The number of nitrogens with zero attached hydrogens (tertiary/aromatic N) is 3. The standard InChI is InChI=1S/C6H5N4O/c7-10-9-6(11)5-2-1-3-8-4-5/h1-4,7H/q+1. The zero-order valence-electron chi connectivity index (χ0n) is 5.56. The molecule has 0 saturated heterocycles. The van der Waals surface area contributed by atoms with E-state index in [1.54, 1.807) is 18.3 Å². The number of carbonyl (C=O) groups is 1. The van der Waals surface area contributed by atoms with Gasteiger partial charge < -0.3 is 0 Å². The Labute approximate surface area is 62.3 Å². The van der Waals surface area contributed by atoms with Crippen molar-refractivity contribution in [2.45, 2.75) is 0 Å². The van der Waals surface area contributed by atoms with Gasteiger partial charge in [-0.1, -0.05) is 0 Å². The van der Waals surface area contributed by atoms with Crippen LogP contribution in [0, 0.1) is 5.53 Å². The van der Waals surface area contributed by atoms with Gasteiger partial charge in [-0.15, -0.1) is 0 Å². The van der Waals surface area contributed by atoms with Crippen LogP contribution in [0.15, 0.2) is 29.6 Å². The summed E-state index contributed by atoms with van der Waals surface area (Å²) in [5.41, 5.74) is 6.64.